The van der Waals surface area contributed by atoms with Crippen LogP contribution in [0.5, 0.6) is 0 Å². The Morgan fingerprint density at radius 1 is 0.536 bits per heavy atom. The third-order valence-electron chi connectivity index (χ3n) is 5.86. The van der Waals surface area contributed by atoms with E-state index in [1.54, 1.807) is 0 Å². The van der Waals surface area contributed by atoms with E-state index in [1.807, 2.05) is 0 Å². The molecule has 1 N–H and O–H groups in total. The topological polar surface area (TPSA) is 29.5 Å². The van der Waals surface area contributed by atoms with E-state index in [9.17, 15) is 0 Å². The molecule has 0 aromatic heterocycles. The summed E-state index contributed by atoms with van der Waals surface area (Å²) < 4.78 is 5.72. The standard InChI is InChI=1S/C20H42O.C6H12O/c1-3-5-7-9-11-13-15-17-19-21-20-18-16-14-12-10-8-6-4-2;7-6-4-2-1-3-5-6/h3-20H2,1-2H3;6-7H,1-5H2. The highest BCUT2D eigenvalue weighted by Crippen LogP contribution is 2.16. The molecule has 0 unspecified atom stereocenters. The van der Waals surface area contributed by atoms with Crippen LogP contribution in [0.25, 0.3) is 0 Å². The molecule has 0 amide bonds. The lowest BCUT2D eigenvalue weighted by Crippen LogP contribution is -2.09. The first-order valence-corrected chi connectivity index (χ1v) is 13.1. The molecule has 0 aliphatic heterocycles. The van der Waals surface area contributed by atoms with Crippen LogP contribution in [0.15, 0.2) is 0 Å². The van der Waals surface area contributed by atoms with Gasteiger partial charge in [-0.2, -0.15) is 0 Å². The fraction of sp³-hybridized carbons (Fsp3) is 1.00. The fourth-order valence-corrected chi connectivity index (χ4v) is 3.86. The third kappa shape index (κ3) is 24.0. The van der Waals surface area contributed by atoms with E-state index < -0.39 is 0 Å². The first kappa shape index (κ1) is 27.9. The summed E-state index contributed by atoms with van der Waals surface area (Å²) in [4.78, 5) is 0. The zero-order valence-corrected chi connectivity index (χ0v) is 19.7. The molecule has 2 heteroatoms. The molecule has 1 aliphatic carbocycles. The smallest absolute Gasteiger partial charge is 0.0540 e. The number of unbranched alkanes of at least 4 members (excludes halogenated alkanes) is 14. The van der Waals surface area contributed by atoms with Gasteiger partial charge in [-0.25, -0.2) is 0 Å². The van der Waals surface area contributed by atoms with Crippen molar-refractivity contribution in [3.8, 4) is 0 Å². The molecule has 0 aromatic rings. The van der Waals surface area contributed by atoms with Crippen molar-refractivity contribution in [3.05, 3.63) is 0 Å². The van der Waals surface area contributed by atoms with E-state index in [4.69, 9.17) is 9.84 Å². The van der Waals surface area contributed by atoms with Crippen molar-refractivity contribution < 1.29 is 9.84 Å². The molecule has 28 heavy (non-hydrogen) atoms. The fourth-order valence-electron chi connectivity index (χ4n) is 3.86. The molecule has 1 aliphatic rings. The van der Waals surface area contributed by atoms with Crippen LogP contribution in [-0.4, -0.2) is 24.4 Å². The van der Waals surface area contributed by atoms with Crippen LogP contribution in [0, 0.1) is 0 Å². The Morgan fingerprint density at radius 3 is 1.21 bits per heavy atom. The summed E-state index contributed by atoms with van der Waals surface area (Å²) in [5, 5.41) is 8.91. The van der Waals surface area contributed by atoms with Gasteiger partial charge in [-0.3, -0.25) is 0 Å². The Morgan fingerprint density at radius 2 is 0.893 bits per heavy atom. The molecule has 0 aromatic carbocycles. The maximum absolute atomic E-state index is 8.91. The lowest BCUT2D eigenvalue weighted by atomic mass is 9.98. The average molecular weight is 399 g/mol. The molecule has 170 valence electrons. The molecular formula is C26H54O2. The highest BCUT2D eigenvalue weighted by atomic mass is 16.5. The summed E-state index contributed by atoms with van der Waals surface area (Å²) in [6.07, 6.45) is 28.2. The maximum atomic E-state index is 8.91. The SMILES string of the molecule is CCCCCCCCCCOCCCCCCCCCC.OC1CCCCC1. The van der Waals surface area contributed by atoms with Crippen LogP contribution in [0.2, 0.25) is 0 Å². The van der Waals surface area contributed by atoms with Crippen LogP contribution in [0.1, 0.15) is 149 Å². The van der Waals surface area contributed by atoms with Gasteiger partial charge in [0.15, 0.2) is 0 Å². The molecule has 1 fully saturated rings. The van der Waals surface area contributed by atoms with Crippen LogP contribution in [0.3, 0.4) is 0 Å². The van der Waals surface area contributed by atoms with Gasteiger partial charge in [-0.1, -0.05) is 123 Å². The molecule has 2 nitrogen and oxygen atoms in total. The second-order valence-corrected chi connectivity index (χ2v) is 8.85. The average Bonchev–Trinajstić information content (AvgIpc) is 2.71. The van der Waals surface area contributed by atoms with Crippen molar-refractivity contribution in [1.29, 1.82) is 0 Å². The van der Waals surface area contributed by atoms with E-state index in [1.165, 1.54) is 122 Å². The van der Waals surface area contributed by atoms with Crippen molar-refractivity contribution in [2.75, 3.05) is 13.2 Å². The second kappa shape index (κ2) is 25.0. The molecule has 0 heterocycles. The molecule has 1 rings (SSSR count). The minimum absolute atomic E-state index is 0.0359. The number of aliphatic hydroxyl groups excluding tert-OH is 1. The Bertz CT molecular complexity index is 243. The van der Waals surface area contributed by atoms with Gasteiger partial charge in [-0.05, 0) is 25.7 Å². The second-order valence-electron chi connectivity index (χ2n) is 8.85. The number of hydrogen-bond donors (Lipinski definition) is 1. The lowest BCUT2D eigenvalue weighted by molar-refractivity contribution is 0.125. The van der Waals surface area contributed by atoms with Crippen LogP contribution >= 0.6 is 0 Å². The van der Waals surface area contributed by atoms with Gasteiger partial charge in [0.2, 0.25) is 0 Å². The summed E-state index contributed by atoms with van der Waals surface area (Å²) in [7, 11) is 0. The van der Waals surface area contributed by atoms with Gasteiger partial charge in [0.1, 0.15) is 0 Å². The van der Waals surface area contributed by atoms with Gasteiger partial charge < -0.3 is 9.84 Å². The third-order valence-corrected chi connectivity index (χ3v) is 5.86. The van der Waals surface area contributed by atoms with Crippen molar-refractivity contribution in [3.63, 3.8) is 0 Å². The van der Waals surface area contributed by atoms with E-state index in [0.29, 0.717) is 0 Å². The number of hydrogen-bond acceptors (Lipinski definition) is 2. The molecule has 0 bridgehead atoms. The van der Waals surface area contributed by atoms with E-state index in [-0.39, 0.29) is 6.10 Å². The number of rotatable bonds is 18. The number of ether oxygens (including phenoxy) is 1. The summed E-state index contributed by atoms with van der Waals surface area (Å²) >= 11 is 0. The van der Waals surface area contributed by atoms with Crippen molar-refractivity contribution in [2.24, 2.45) is 0 Å². The normalized spacial score (nSPS) is 14.7. The lowest BCUT2D eigenvalue weighted by Gasteiger charge is -2.14. The van der Waals surface area contributed by atoms with Crippen LogP contribution < -0.4 is 0 Å². The Kier molecular flexibility index (Phi) is 24.9. The molecule has 0 radical (unpaired) electrons. The zero-order valence-electron chi connectivity index (χ0n) is 19.7. The predicted octanol–water partition coefficient (Wildman–Crippen LogP) is 8.60. The van der Waals surface area contributed by atoms with E-state index in [0.717, 1.165) is 26.1 Å². The van der Waals surface area contributed by atoms with Gasteiger partial charge in [0, 0.05) is 13.2 Å². The summed E-state index contributed by atoms with van der Waals surface area (Å²) in [5.74, 6) is 0. The Labute approximate surface area is 178 Å². The molecule has 0 saturated heterocycles. The van der Waals surface area contributed by atoms with Crippen molar-refractivity contribution in [1.82, 2.24) is 0 Å². The molecule has 0 atom stereocenters. The van der Waals surface area contributed by atoms with Gasteiger partial charge in [-0.15, -0.1) is 0 Å². The van der Waals surface area contributed by atoms with Crippen molar-refractivity contribution in [2.45, 2.75) is 155 Å². The highest BCUT2D eigenvalue weighted by Gasteiger charge is 2.07. The van der Waals surface area contributed by atoms with Crippen molar-refractivity contribution >= 4 is 0 Å². The highest BCUT2D eigenvalue weighted by molar-refractivity contribution is 4.61. The van der Waals surface area contributed by atoms with Gasteiger partial charge in [0.05, 0.1) is 6.10 Å². The first-order valence-electron chi connectivity index (χ1n) is 13.1. The summed E-state index contributed by atoms with van der Waals surface area (Å²) in [6.45, 7) is 6.55. The van der Waals surface area contributed by atoms with Crippen LogP contribution in [-0.2, 0) is 4.74 Å². The monoisotopic (exact) mass is 398 g/mol. The zero-order chi connectivity index (χ0) is 20.5. The minimum Gasteiger partial charge on any atom is -0.393 e. The summed E-state index contributed by atoms with van der Waals surface area (Å²) in [5.41, 5.74) is 0. The number of aliphatic hydroxyl groups is 1. The Balaban J connectivity index is 0.000000861. The quantitative estimate of drug-likeness (QED) is 0.234. The summed E-state index contributed by atoms with van der Waals surface area (Å²) in [6, 6.07) is 0. The molecule has 0 spiro atoms. The minimum atomic E-state index is 0.0359. The van der Waals surface area contributed by atoms with E-state index >= 15 is 0 Å². The Hall–Kier alpha value is -0.0800. The molecule has 1 saturated carbocycles. The van der Waals surface area contributed by atoms with E-state index in [2.05, 4.69) is 13.8 Å². The largest absolute Gasteiger partial charge is 0.393 e. The first-order chi connectivity index (χ1) is 13.8. The van der Waals surface area contributed by atoms with Crippen LogP contribution in [0.4, 0.5) is 0 Å². The molecular weight excluding hydrogens is 344 g/mol. The maximum Gasteiger partial charge on any atom is 0.0540 e. The van der Waals surface area contributed by atoms with Gasteiger partial charge in [0.25, 0.3) is 0 Å². The predicted molar refractivity (Wildman–Crippen MR) is 125 cm³/mol. The van der Waals surface area contributed by atoms with Gasteiger partial charge >= 0.3 is 0 Å².